The molecule has 5 nitrogen and oxygen atoms in total. The Hall–Kier alpha value is -1.62. The van der Waals surface area contributed by atoms with Gasteiger partial charge in [-0.25, -0.2) is 0 Å². The summed E-state index contributed by atoms with van der Waals surface area (Å²) in [6, 6.07) is 1.59. The zero-order valence-electron chi connectivity index (χ0n) is 9.15. The van der Waals surface area contributed by atoms with Gasteiger partial charge in [0.25, 0.3) is 5.91 Å². The molecular formula is C11H12ClN3O2. The fourth-order valence-electron chi connectivity index (χ4n) is 1.69. The van der Waals surface area contributed by atoms with Crippen molar-refractivity contribution in [1.29, 1.82) is 0 Å². The molecule has 1 aliphatic rings. The molecule has 0 saturated carbocycles. The van der Waals surface area contributed by atoms with E-state index in [9.17, 15) is 9.59 Å². The molecule has 1 aromatic heterocycles. The monoisotopic (exact) mass is 253 g/mol. The van der Waals surface area contributed by atoms with Crippen LogP contribution in [0.1, 0.15) is 16.8 Å². The fraction of sp³-hybridized carbons (Fsp3) is 0.364. The molecule has 1 fully saturated rings. The zero-order valence-corrected chi connectivity index (χ0v) is 9.91. The second kappa shape index (κ2) is 5.14. The highest BCUT2D eigenvalue weighted by Crippen LogP contribution is 2.16. The lowest BCUT2D eigenvalue weighted by Gasteiger charge is -2.19. The SMILES string of the molecule is O=C1CCN(C(=O)c2ccncc2Cl)CCN1. The number of aromatic nitrogens is 1. The van der Waals surface area contributed by atoms with E-state index in [4.69, 9.17) is 11.6 Å². The lowest BCUT2D eigenvalue weighted by molar-refractivity contribution is -0.120. The maximum atomic E-state index is 12.2. The first-order valence-electron chi connectivity index (χ1n) is 5.34. The molecule has 6 heteroatoms. The Kier molecular flexibility index (Phi) is 3.58. The van der Waals surface area contributed by atoms with E-state index in [1.54, 1.807) is 11.0 Å². The van der Waals surface area contributed by atoms with Gasteiger partial charge in [0.1, 0.15) is 0 Å². The molecule has 1 aliphatic heterocycles. The zero-order chi connectivity index (χ0) is 12.3. The van der Waals surface area contributed by atoms with Gasteiger partial charge < -0.3 is 10.2 Å². The summed E-state index contributed by atoms with van der Waals surface area (Å²) in [6.07, 6.45) is 3.30. The van der Waals surface area contributed by atoms with Crippen molar-refractivity contribution < 1.29 is 9.59 Å². The molecule has 2 amide bonds. The van der Waals surface area contributed by atoms with Crippen molar-refractivity contribution in [2.45, 2.75) is 6.42 Å². The van der Waals surface area contributed by atoms with Crippen LogP contribution in [-0.4, -0.2) is 41.3 Å². The molecule has 2 rings (SSSR count). The molecule has 1 aromatic rings. The Labute approximate surface area is 104 Å². The summed E-state index contributed by atoms with van der Waals surface area (Å²) in [7, 11) is 0. The van der Waals surface area contributed by atoms with Gasteiger partial charge in [-0.05, 0) is 6.07 Å². The quantitative estimate of drug-likeness (QED) is 0.801. The van der Waals surface area contributed by atoms with E-state index in [0.717, 1.165) is 0 Å². The van der Waals surface area contributed by atoms with Gasteiger partial charge in [-0.2, -0.15) is 0 Å². The van der Waals surface area contributed by atoms with Crippen LogP contribution in [0.15, 0.2) is 18.5 Å². The number of hydrogen-bond donors (Lipinski definition) is 1. The van der Waals surface area contributed by atoms with Crippen molar-refractivity contribution >= 4 is 23.4 Å². The average molecular weight is 254 g/mol. The number of halogens is 1. The maximum Gasteiger partial charge on any atom is 0.255 e. The van der Waals surface area contributed by atoms with Crippen LogP contribution in [0.25, 0.3) is 0 Å². The van der Waals surface area contributed by atoms with Crippen LogP contribution < -0.4 is 5.32 Å². The molecule has 90 valence electrons. The van der Waals surface area contributed by atoms with Crippen LogP contribution in [0.4, 0.5) is 0 Å². The lowest BCUT2D eigenvalue weighted by atomic mass is 10.2. The highest BCUT2D eigenvalue weighted by molar-refractivity contribution is 6.33. The Morgan fingerprint density at radius 2 is 2.29 bits per heavy atom. The molecule has 1 saturated heterocycles. The van der Waals surface area contributed by atoms with E-state index in [1.807, 2.05) is 0 Å². The van der Waals surface area contributed by atoms with Gasteiger partial charge >= 0.3 is 0 Å². The van der Waals surface area contributed by atoms with Crippen molar-refractivity contribution in [3.8, 4) is 0 Å². The van der Waals surface area contributed by atoms with Gasteiger partial charge in [-0.3, -0.25) is 14.6 Å². The first-order chi connectivity index (χ1) is 8.18. The first-order valence-corrected chi connectivity index (χ1v) is 5.72. The summed E-state index contributed by atoms with van der Waals surface area (Å²) >= 11 is 5.92. The standard InChI is InChI=1S/C11H12ClN3O2/c12-9-7-13-3-1-8(9)11(17)15-5-2-10(16)14-4-6-15/h1,3,7H,2,4-6H2,(H,14,16). The van der Waals surface area contributed by atoms with Crippen molar-refractivity contribution in [1.82, 2.24) is 15.2 Å². The third-order valence-corrected chi connectivity index (χ3v) is 2.90. The highest BCUT2D eigenvalue weighted by Gasteiger charge is 2.21. The fourth-order valence-corrected chi connectivity index (χ4v) is 1.89. The Morgan fingerprint density at radius 3 is 3.06 bits per heavy atom. The minimum Gasteiger partial charge on any atom is -0.354 e. The summed E-state index contributed by atoms with van der Waals surface area (Å²) in [5.74, 6) is -0.185. The van der Waals surface area contributed by atoms with Gasteiger partial charge in [0.05, 0.1) is 10.6 Å². The number of amides is 2. The number of hydrogen-bond acceptors (Lipinski definition) is 3. The summed E-state index contributed by atoms with van der Waals surface area (Å²) in [5.41, 5.74) is 0.427. The minimum atomic E-state index is -0.158. The van der Waals surface area contributed by atoms with Gasteiger partial charge in [-0.1, -0.05) is 11.6 Å². The molecule has 0 aliphatic carbocycles. The number of pyridine rings is 1. The Balaban J connectivity index is 2.14. The molecule has 0 radical (unpaired) electrons. The average Bonchev–Trinajstić information content (AvgIpc) is 2.54. The molecular weight excluding hydrogens is 242 g/mol. The van der Waals surface area contributed by atoms with Crippen LogP contribution in [0.5, 0.6) is 0 Å². The third kappa shape index (κ3) is 2.74. The molecule has 17 heavy (non-hydrogen) atoms. The molecule has 0 atom stereocenters. The Morgan fingerprint density at radius 1 is 1.47 bits per heavy atom. The topological polar surface area (TPSA) is 62.3 Å². The minimum absolute atomic E-state index is 0.0267. The summed E-state index contributed by atoms with van der Waals surface area (Å²) in [6.45, 7) is 1.40. The number of nitrogens with one attached hydrogen (secondary N) is 1. The molecule has 1 N–H and O–H groups in total. The molecule has 0 unspecified atom stereocenters. The van der Waals surface area contributed by atoms with E-state index < -0.39 is 0 Å². The second-order valence-electron chi connectivity index (χ2n) is 3.75. The number of carbonyl (C=O) groups is 2. The smallest absolute Gasteiger partial charge is 0.255 e. The highest BCUT2D eigenvalue weighted by atomic mass is 35.5. The molecule has 0 bridgehead atoms. The number of carbonyl (C=O) groups excluding carboxylic acids is 2. The Bertz CT molecular complexity index is 450. The van der Waals surface area contributed by atoms with E-state index in [0.29, 0.717) is 36.6 Å². The van der Waals surface area contributed by atoms with E-state index in [-0.39, 0.29) is 11.8 Å². The molecule has 0 spiro atoms. The van der Waals surface area contributed by atoms with Crippen molar-refractivity contribution in [2.24, 2.45) is 0 Å². The first kappa shape index (κ1) is 11.9. The summed E-state index contributed by atoms with van der Waals surface area (Å²) < 4.78 is 0. The van der Waals surface area contributed by atoms with E-state index >= 15 is 0 Å². The molecule has 0 aromatic carbocycles. The van der Waals surface area contributed by atoms with Crippen LogP contribution in [0, 0.1) is 0 Å². The van der Waals surface area contributed by atoms with Crippen LogP contribution in [-0.2, 0) is 4.79 Å². The summed E-state index contributed by atoms with van der Waals surface area (Å²) in [4.78, 5) is 28.8. The van der Waals surface area contributed by atoms with E-state index in [2.05, 4.69) is 10.3 Å². The van der Waals surface area contributed by atoms with Gasteiger partial charge in [0.2, 0.25) is 5.91 Å². The predicted molar refractivity (Wildman–Crippen MR) is 62.8 cm³/mol. The van der Waals surface area contributed by atoms with Crippen molar-refractivity contribution in [3.63, 3.8) is 0 Å². The van der Waals surface area contributed by atoms with Crippen molar-refractivity contribution in [2.75, 3.05) is 19.6 Å². The van der Waals surface area contributed by atoms with Crippen LogP contribution >= 0.6 is 11.6 Å². The lowest BCUT2D eigenvalue weighted by Crippen LogP contribution is -2.34. The second-order valence-corrected chi connectivity index (χ2v) is 4.15. The normalized spacial score (nSPS) is 16.3. The molecule has 2 heterocycles. The van der Waals surface area contributed by atoms with Gasteiger partial charge in [0, 0.05) is 38.4 Å². The predicted octanol–water partition coefficient (Wildman–Crippen LogP) is 0.697. The van der Waals surface area contributed by atoms with Gasteiger partial charge in [-0.15, -0.1) is 0 Å². The maximum absolute atomic E-state index is 12.2. The van der Waals surface area contributed by atoms with Gasteiger partial charge in [0.15, 0.2) is 0 Å². The van der Waals surface area contributed by atoms with Crippen molar-refractivity contribution in [3.05, 3.63) is 29.0 Å². The van der Waals surface area contributed by atoms with E-state index in [1.165, 1.54) is 12.4 Å². The summed E-state index contributed by atoms with van der Waals surface area (Å²) in [5, 5.41) is 3.05. The number of nitrogens with zero attached hydrogens (tertiary/aromatic N) is 2. The third-order valence-electron chi connectivity index (χ3n) is 2.60. The van der Waals surface area contributed by atoms with Crippen LogP contribution in [0.3, 0.4) is 0 Å². The number of rotatable bonds is 1. The van der Waals surface area contributed by atoms with Crippen LogP contribution in [0.2, 0.25) is 5.02 Å². The largest absolute Gasteiger partial charge is 0.354 e.